The van der Waals surface area contributed by atoms with E-state index in [0.717, 1.165) is 12.8 Å². The third kappa shape index (κ3) is 4.32. The molecule has 1 aliphatic rings. The minimum atomic E-state index is -0.655. The second kappa shape index (κ2) is 7.59. The lowest BCUT2D eigenvalue weighted by Gasteiger charge is -2.11. The van der Waals surface area contributed by atoms with Gasteiger partial charge in [0.05, 0.1) is 5.75 Å². The number of carbonyl (C=O) groups is 1. The largest absolute Gasteiger partial charge is 0.490 e. The van der Waals surface area contributed by atoms with E-state index >= 15 is 0 Å². The molecule has 0 bridgehead atoms. The Balaban J connectivity index is 1.54. The summed E-state index contributed by atoms with van der Waals surface area (Å²) in [5.41, 5.74) is 0. The molecule has 1 fully saturated rings. The molecule has 11 nitrogen and oxygen atoms in total. The van der Waals surface area contributed by atoms with Gasteiger partial charge >= 0.3 is 5.95 Å². The summed E-state index contributed by atoms with van der Waals surface area (Å²) in [6.45, 7) is 0.208. The topological polar surface area (TPSA) is 134 Å². The minimum Gasteiger partial charge on any atom is -0.390 e. The highest BCUT2D eigenvalue weighted by molar-refractivity contribution is 7.99. The van der Waals surface area contributed by atoms with Crippen molar-refractivity contribution in [3.05, 3.63) is 22.3 Å². The van der Waals surface area contributed by atoms with Gasteiger partial charge in [0.15, 0.2) is 11.0 Å². The molecule has 0 aliphatic heterocycles. The van der Waals surface area contributed by atoms with E-state index in [1.165, 1.54) is 35.6 Å². The Kier molecular flexibility index (Phi) is 5.26. The van der Waals surface area contributed by atoms with Crippen molar-refractivity contribution in [2.24, 2.45) is 7.05 Å². The van der Waals surface area contributed by atoms with Crippen LogP contribution in [0.15, 0.2) is 11.5 Å². The molecule has 2 aromatic heterocycles. The molecule has 1 saturated carbocycles. The van der Waals surface area contributed by atoms with Crippen LogP contribution in [0.25, 0.3) is 0 Å². The molecule has 25 heavy (non-hydrogen) atoms. The number of amides is 1. The average molecular weight is 366 g/mol. The van der Waals surface area contributed by atoms with Crippen molar-refractivity contribution in [3.63, 3.8) is 0 Å². The van der Waals surface area contributed by atoms with Crippen LogP contribution < -0.4 is 5.32 Å². The zero-order valence-electron chi connectivity index (χ0n) is 13.7. The fraction of sp³-hybridized carbons (Fsp3) is 0.615. The quantitative estimate of drug-likeness (QED) is 0.426. The Bertz CT molecular complexity index is 767. The van der Waals surface area contributed by atoms with Gasteiger partial charge in [-0.1, -0.05) is 29.6 Å². The molecule has 0 spiro atoms. The fourth-order valence-corrected chi connectivity index (χ4v) is 3.41. The summed E-state index contributed by atoms with van der Waals surface area (Å²) in [6, 6.07) is 0.297. The Labute approximate surface area is 147 Å². The zero-order valence-corrected chi connectivity index (χ0v) is 14.5. The van der Waals surface area contributed by atoms with Crippen LogP contribution in [0.2, 0.25) is 0 Å². The lowest BCUT2D eigenvalue weighted by Crippen LogP contribution is -2.33. The zero-order chi connectivity index (χ0) is 17.8. The monoisotopic (exact) mass is 366 g/mol. The summed E-state index contributed by atoms with van der Waals surface area (Å²) in [4.78, 5) is 25.5. The van der Waals surface area contributed by atoms with Crippen LogP contribution in [0.1, 0.15) is 31.5 Å². The molecule has 0 atom stereocenters. The maximum Gasteiger partial charge on any atom is 0.490 e. The molecular weight excluding hydrogens is 348 g/mol. The smallest absolute Gasteiger partial charge is 0.390 e. The van der Waals surface area contributed by atoms with Crippen LogP contribution in [-0.2, 0) is 18.4 Å². The predicted molar refractivity (Wildman–Crippen MR) is 87.9 cm³/mol. The summed E-state index contributed by atoms with van der Waals surface area (Å²) in [5.74, 6) is 0.379. The first-order valence-electron chi connectivity index (χ1n) is 7.87. The lowest BCUT2D eigenvalue weighted by molar-refractivity contribution is -0.394. The number of nitro groups is 1. The van der Waals surface area contributed by atoms with E-state index in [0.29, 0.717) is 17.0 Å². The first kappa shape index (κ1) is 17.3. The average Bonchev–Trinajstić information content (AvgIpc) is 3.30. The summed E-state index contributed by atoms with van der Waals surface area (Å²) < 4.78 is 3.06. The minimum absolute atomic E-state index is 0.00616. The van der Waals surface area contributed by atoms with Gasteiger partial charge in [-0.3, -0.25) is 4.79 Å². The van der Waals surface area contributed by atoms with Crippen LogP contribution >= 0.6 is 11.8 Å². The standard InChI is InChI=1S/C13H18N8O3S/c1-19-10(6-20-8-14-12(18-20)21(23)24)16-17-13(19)25-7-11(22)15-9-4-2-3-5-9/h8-9H,2-7H2,1H3,(H,15,22). The molecular formula is C13H18N8O3S. The van der Waals surface area contributed by atoms with Gasteiger partial charge < -0.3 is 20.0 Å². The molecule has 1 amide bonds. The molecule has 12 heteroatoms. The molecule has 1 aliphatic carbocycles. The number of hydrogen-bond acceptors (Lipinski definition) is 8. The highest BCUT2D eigenvalue weighted by Crippen LogP contribution is 2.19. The molecule has 2 heterocycles. The van der Waals surface area contributed by atoms with Crippen LogP contribution in [0.4, 0.5) is 5.95 Å². The van der Waals surface area contributed by atoms with Crippen LogP contribution in [0, 0.1) is 10.1 Å². The number of nitrogens with one attached hydrogen (secondary N) is 1. The van der Waals surface area contributed by atoms with Crippen molar-refractivity contribution in [3.8, 4) is 0 Å². The normalized spacial score (nSPS) is 14.8. The third-order valence-corrected chi connectivity index (χ3v) is 4.99. The SMILES string of the molecule is Cn1c(Cn2cnc([N+](=O)[O-])n2)nnc1SCC(=O)NC1CCCC1. The van der Waals surface area contributed by atoms with Gasteiger partial charge in [-0.25, -0.2) is 0 Å². The number of nitrogens with zero attached hydrogens (tertiary/aromatic N) is 7. The van der Waals surface area contributed by atoms with Gasteiger partial charge in [-0.15, -0.1) is 10.2 Å². The van der Waals surface area contributed by atoms with Gasteiger partial charge in [-0.2, -0.15) is 4.68 Å². The van der Waals surface area contributed by atoms with E-state index in [1.807, 2.05) is 0 Å². The number of carbonyl (C=O) groups excluding carboxylic acids is 1. The van der Waals surface area contributed by atoms with Crippen LogP contribution in [0.5, 0.6) is 0 Å². The van der Waals surface area contributed by atoms with Gasteiger partial charge in [0, 0.05) is 18.2 Å². The van der Waals surface area contributed by atoms with Gasteiger partial charge in [0.2, 0.25) is 12.2 Å². The molecule has 0 radical (unpaired) electrons. The van der Waals surface area contributed by atoms with Crippen molar-refractivity contribution < 1.29 is 9.72 Å². The maximum absolute atomic E-state index is 12.0. The highest BCUT2D eigenvalue weighted by atomic mass is 32.2. The first-order valence-corrected chi connectivity index (χ1v) is 8.86. The van der Waals surface area contributed by atoms with Gasteiger partial charge in [0.25, 0.3) is 0 Å². The summed E-state index contributed by atoms with van der Waals surface area (Å²) in [7, 11) is 1.78. The Morgan fingerprint density at radius 1 is 1.44 bits per heavy atom. The Morgan fingerprint density at radius 2 is 2.20 bits per heavy atom. The van der Waals surface area contributed by atoms with E-state index in [-0.39, 0.29) is 18.2 Å². The maximum atomic E-state index is 12.0. The van der Waals surface area contributed by atoms with E-state index < -0.39 is 10.9 Å². The van der Waals surface area contributed by atoms with E-state index in [9.17, 15) is 14.9 Å². The number of aromatic nitrogens is 6. The highest BCUT2D eigenvalue weighted by Gasteiger charge is 2.19. The number of rotatable bonds is 7. The molecule has 3 rings (SSSR count). The van der Waals surface area contributed by atoms with E-state index in [2.05, 4.69) is 25.6 Å². The number of thioether (sulfide) groups is 1. The second-order valence-electron chi connectivity index (χ2n) is 5.79. The molecule has 1 N–H and O–H groups in total. The number of hydrogen-bond donors (Lipinski definition) is 1. The fourth-order valence-electron chi connectivity index (χ4n) is 2.67. The Morgan fingerprint density at radius 3 is 2.88 bits per heavy atom. The van der Waals surface area contributed by atoms with Crippen molar-refractivity contribution in [2.75, 3.05) is 5.75 Å². The molecule has 0 saturated heterocycles. The van der Waals surface area contributed by atoms with Crippen molar-refractivity contribution >= 4 is 23.6 Å². The molecule has 2 aromatic rings. The second-order valence-corrected chi connectivity index (χ2v) is 6.74. The Hall–Kier alpha value is -2.50. The van der Waals surface area contributed by atoms with Gasteiger partial charge in [0.1, 0.15) is 6.54 Å². The molecule has 0 aromatic carbocycles. The predicted octanol–water partition coefficient (Wildman–Crippen LogP) is 0.514. The van der Waals surface area contributed by atoms with Crippen LogP contribution in [0.3, 0.4) is 0 Å². The van der Waals surface area contributed by atoms with Gasteiger partial charge in [-0.05, 0) is 17.8 Å². The van der Waals surface area contributed by atoms with Crippen molar-refractivity contribution in [1.82, 2.24) is 34.8 Å². The first-order chi connectivity index (χ1) is 12.0. The summed E-state index contributed by atoms with van der Waals surface area (Å²) in [5, 5.41) is 26.1. The molecule has 134 valence electrons. The lowest BCUT2D eigenvalue weighted by atomic mass is 10.2. The van der Waals surface area contributed by atoms with Crippen LogP contribution in [-0.4, -0.2) is 52.2 Å². The van der Waals surface area contributed by atoms with E-state index in [4.69, 9.17) is 0 Å². The third-order valence-electron chi connectivity index (χ3n) is 3.97. The van der Waals surface area contributed by atoms with Crippen molar-refractivity contribution in [2.45, 2.75) is 43.4 Å². The summed E-state index contributed by atoms with van der Waals surface area (Å²) in [6.07, 6.45) is 5.72. The summed E-state index contributed by atoms with van der Waals surface area (Å²) >= 11 is 1.30. The molecule has 0 unspecified atom stereocenters. The van der Waals surface area contributed by atoms with Crippen molar-refractivity contribution in [1.29, 1.82) is 0 Å². The van der Waals surface area contributed by atoms with E-state index in [1.54, 1.807) is 11.6 Å².